The molecule has 0 fully saturated rings. The van der Waals surface area contributed by atoms with Crippen molar-refractivity contribution in [2.45, 2.75) is 0 Å². The Morgan fingerprint density at radius 3 is 0.434 bits per heavy atom. The van der Waals surface area contributed by atoms with Crippen LogP contribution in [-0.2, 0) is 0 Å². The van der Waals surface area contributed by atoms with Crippen LogP contribution in [0.1, 0.15) is 0 Å². The topological polar surface area (TPSA) is 56.5 Å². The van der Waals surface area contributed by atoms with Gasteiger partial charge in [-0.1, -0.05) is 491 Å². The fourth-order valence-electron chi connectivity index (χ4n) is 22.2. The molecule has 0 aliphatic carbocycles. The Bertz CT molecular complexity index is 9250. The Hall–Kier alpha value is -18.9. The molecule has 28 rings (SSSR count). The van der Waals surface area contributed by atoms with Crippen LogP contribution in [0, 0.1) is 0 Å². The first-order chi connectivity index (χ1) is 71.0. The zero-order chi connectivity index (χ0) is 94.6. The summed E-state index contributed by atoms with van der Waals surface area (Å²) in [6.07, 6.45) is 0. The smallest absolute Gasteiger partial charge is 0.0973 e. The lowest BCUT2D eigenvalue weighted by atomic mass is 9.85. The molecule has 0 unspecified atom stereocenters. The number of fused-ring (bicyclic) bond motifs is 13. The molecule has 3 heterocycles. The van der Waals surface area contributed by atoms with Gasteiger partial charge in [0.1, 0.15) is 0 Å². The van der Waals surface area contributed by atoms with Crippen LogP contribution in [0.2, 0.25) is 0 Å². The van der Waals surface area contributed by atoms with Crippen molar-refractivity contribution >= 4 is 130 Å². The third kappa shape index (κ3) is 15.1. The Morgan fingerprint density at radius 2 is 0.238 bits per heavy atom. The van der Waals surface area contributed by atoms with E-state index in [0.29, 0.717) is 0 Å². The van der Waals surface area contributed by atoms with Crippen molar-refractivity contribution in [3.63, 3.8) is 0 Å². The van der Waals surface area contributed by atoms with Crippen molar-refractivity contribution in [2.75, 3.05) is 0 Å². The first-order valence-electron chi connectivity index (χ1n) is 49.0. The Balaban J connectivity index is 0.000000114. The van der Waals surface area contributed by atoms with Crippen molar-refractivity contribution in [1.29, 1.82) is 0 Å². The molecule has 5 heteroatoms. The highest BCUT2D eigenvalue weighted by Crippen LogP contribution is 2.51. The van der Waals surface area contributed by atoms with Gasteiger partial charge in [-0.05, 0) is 224 Å². The van der Waals surface area contributed by atoms with Crippen LogP contribution in [0.3, 0.4) is 0 Å². The average Bonchev–Trinajstić information content (AvgIpc) is 1.58. The van der Waals surface area contributed by atoms with Gasteiger partial charge >= 0.3 is 0 Å². The molecule has 0 saturated carbocycles. The molecule has 0 bridgehead atoms. The lowest BCUT2D eigenvalue weighted by Crippen LogP contribution is -1.96. The Morgan fingerprint density at radius 1 is 0.105 bits per heavy atom. The van der Waals surface area contributed by atoms with Crippen LogP contribution in [0.5, 0.6) is 0 Å². The van der Waals surface area contributed by atoms with E-state index < -0.39 is 0 Å². The van der Waals surface area contributed by atoms with Crippen LogP contribution in [0.15, 0.2) is 540 Å². The third-order valence-electron chi connectivity index (χ3n) is 28.5. The van der Waals surface area contributed by atoms with Crippen LogP contribution < -0.4 is 0 Å². The van der Waals surface area contributed by atoms with E-state index in [1.807, 2.05) is 42.5 Å². The van der Waals surface area contributed by atoms with E-state index in [9.17, 15) is 0 Å². The molecule has 0 N–H and O–H groups in total. The van der Waals surface area contributed by atoms with E-state index in [2.05, 4.69) is 502 Å². The zero-order valence-corrected chi connectivity index (χ0v) is 78.1. The van der Waals surface area contributed by atoms with Crippen molar-refractivity contribution in [3.05, 3.63) is 540 Å². The van der Waals surface area contributed by atoms with Gasteiger partial charge < -0.3 is 4.57 Å². The molecule has 143 heavy (non-hydrogen) atoms. The normalized spacial score (nSPS) is 11.5. The van der Waals surface area contributed by atoms with E-state index in [1.165, 1.54) is 192 Å². The summed E-state index contributed by atoms with van der Waals surface area (Å²) in [7, 11) is 0. The summed E-state index contributed by atoms with van der Waals surface area (Å²) < 4.78 is 2.38. The lowest BCUT2D eigenvalue weighted by molar-refractivity contribution is 1.18. The second-order valence-electron chi connectivity index (χ2n) is 36.7. The van der Waals surface area contributed by atoms with Gasteiger partial charge in [-0.3, -0.25) is 0 Å². The lowest BCUT2D eigenvalue weighted by Gasteiger charge is -2.18. The molecule has 0 saturated heterocycles. The summed E-state index contributed by atoms with van der Waals surface area (Å²) in [5.74, 6) is 0. The summed E-state index contributed by atoms with van der Waals surface area (Å²) >= 11 is 0. The molecule has 666 valence electrons. The van der Waals surface area contributed by atoms with E-state index in [4.69, 9.17) is 19.9 Å². The van der Waals surface area contributed by atoms with E-state index in [1.54, 1.807) is 0 Å². The quantitative estimate of drug-likeness (QED) is 0.108. The molecule has 0 spiro atoms. The molecule has 28 aromatic rings. The minimum absolute atomic E-state index is 0.861. The van der Waals surface area contributed by atoms with Crippen LogP contribution >= 0.6 is 0 Å². The van der Waals surface area contributed by atoms with Gasteiger partial charge in [0, 0.05) is 38.7 Å². The highest BCUT2D eigenvalue weighted by Gasteiger charge is 2.26. The SMILES string of the molecule is c1ccc(-c2c3ccccc3c(-c3ccc(-c4nc5ccccc5nc4-c4ccc(-c5c6ccccc6c(-c6ccccc6)c6ccccc56)cc4)cc3)c3ccccc23)cc1.c1ccc(-c2c3ccccc3c(-c3ccc(-n4c5ccccc5c5ccccc54)cc3)c3ccccc23)cc1.c1ccc(-c2nc3ccccc3nc2-c2ccc(-c3c4ccccc4c(-c4ccccc4)c4ccccc34)cc2)cc1. The summed E-state index contributed by atoms with van der Waals surface area (Å²) in [5, 5.41) is 22.6. The Kier molecular flexibility index (Phi) is 21.6. The average molecular weight is 1820 g/mol. The van der Waals surface area contributed by atoms with Crippen molar-refractivity contribution in [3.8, 4) is 140 Å². The highest BCUT2D eigenvalue weighted by molar-refractivity contribution is 6.26. The van der Waals surface area contributed by atoms with Crippen LogP contribution in [0.4, 0.5) is 0 Å². The fourth-order valence-corrected chi connectivity index (χ4v) is 22.2. The maximum Gasteiger partial charge on any atom is 0.0973 e. The van der Waals surface area contributed by atoms with E-state index >= 15 is 0 Å². The second-order valence-corrected chi connectivity index (χ2v) is 36.7. The van der Waals surface area contributed by atoms with Gasteiger partial charge in [0.05, 0.1) is 55.9 Å². The zero-order valence-electron chi connectivity index (χ0n) is 78.1. The van der Waals surface area contributed by atoms with Crippen LogP contribution in [-0.4, -0.2) is 24.5 Å². The number of para-hydroxylation sites is 6. The maximum absolute atomic E-state index is 5.31. The second kappa shape index (κ2) is 36.5. The number of nitrogens with zero attached hydrogens (tertiary/aromatic N) is 5. The predicted octanol–water partition coefficient (Wildman–Crippen LogP) is 37.3. The van der Waals surface area contributed by atoms with Crippen molar-refractivity contribution < 1.29 is 0 Å². The number of benzene rings is 25. The largest absolute Gasteiger partial charge is 0.309 e. The van der Waals surface area contributed by atoms with Crippen molar-refractivity contribution in [1.82, 2.24) is 24.5 Å². The molecular weight excluding hydrogens is 1730 g/mol. The minimum atomic E-state index is 0.861. The van der Waals surface area contributed by atoms with Gasteiger partial charge in [0.15, 0.2) is 0 Å². The van der Waals surface area contributed by atoms with Crippen LogP contribution in [0.25, 0.3) is 270 Å². The highest BCUT2D eigenvalue weighted by atomic mass is 15.0. The monoisotopic (exact) mass is 1820 g/mol. The number of hydrogen-bond acceptors (Lipinski definition) is 4. The van der Waals surface area contributed by atoms with Crippen molar-refractivity contribution in [2.24, 2.45) is 0 Å². The van der Waals surface area contributed by atoms with Gasteiger partial charge in [0.25, 0.3) is 0 Å². The molecule has 25 aromatic carbocycles. The molecule has 0 amide bonds. The maximum atomic E-state index is 5.31. The van der Waals surface area contributed by atoms with Gasteiger partial charge in [-0.15, -0.1) is 0 Å². The molecule has 3 aromatic heterocycles. The first-order valence-corrected chi connectivity index (χ1v) is 49.0. The number of hydrogen-bond donors (Lipinski definition) is 0. The molecule has 0 radical (unpaired) electrons. The van der Waals surface area contributed by atoms with E-state index in [-0.39, 0.29) is 0 Å². The minimum Gasteiger partial charge on any atom is -0.309 e. The summed E-state index contributed by atoms with van der Waals surface area (Å²) in [4.78, 5) is 20.8. The predicted molar refractivity (Wildman–Crippen MR) is 605 cm³/mol. The number of aromatic nitrogens is 5. The summed E-state index contributed by atoms with van der Waals surface area (Å²) in [6.45, 7) is 0. The standard InChI is InChI=1S/C60H38N2.C40H26N2.C38H25N/c1-3-17-39(18-4-1)55-45-21-7-11-25-49(45)57(50-26-12-8-22-46(50)55)41-31-35-43(36-32-41)59-60(62-54-30-16-15-29-53(54)61-59)44-37-33-42(34-38-44)58-51-27-13-9-23-47(51)56(40-19-5-2-6-20-40)48-24-10-14-28-52(48)58;1-3-13-27(14-4-1)37-31-17-7-9-19-33(31)38(34-20-10-8-18-32(34)37)28-23-25-30(26-24-28)40-39(29-15-5-2-6-16-29)41-35-21-11-12-22-36(35)42-40;1-2-12-26(13-3-1)37-31-16-4-6-18-33(31)38(34-19-7-5-17-32(34)37)27-22-24-28(25-23-27)39-35-20-10-8-14-29(35)30-15-9-11-21-36(30)39/h1-38H;1-26H;1-25H. The van der Waals surface area contributed by atoms with Gasteiger partial charge in [-0.2, -0.15) is 0 Å². The van der Waals surface area contributed by atoms with Gasteiger partial charge in [-0.25, -0.2) is 19.9 Å². The first kappa shape index (κ1) is 84.6. The molecule has 0 aliphatic heterocycles. The third-order valence-corrected chi connectivity index (χ3v) is 28.5. The summed E-state index contributed by atoms with van der Waals surface area (Å²) in [6, 6.07) is 193. The summed E-state index contributed by atoms with van der Waals surface area (Å²) in [5.41, 5.74) is 34.6. The van der Waals surface area contributed by atoms with E-state index in [0.717, 1.165) is 78.2 Å². The molecule has 0 aliphatic rings. The number of rotatable bonds is 13. The fraction of sp³-hybridized carbons (Fsp3) is 0. The molecule has 0 atom stereocenters. The Labute approximate surface area is 828 Å². The van der Waals surface area contributed by atoms with Gasteiger partial charge in [0.2, 0.25) is 0 Å². The molecule has 5 nitrogen and oxygen atoms in total. The molecular formula is C138H89N5.